The number of hydrogen-bond acceptors (Lipinski definition) is 3. The van der Waals surface area contributed by atoms with Crippen molar-refractivity contribution in [1.29, 1.82) is 0 Å². The first-order valence-electron chi connectivity index (χ1n) is 6.71. The van der Waals surface area contributed by atoms with Gasteiger partial charge in [0.05, 0.1) is 0 Å². The van der Waals surface area contributed by atoms with Crippen LogP contribution in [0.15, 0.2) is 28.7 Å². The van der Waals surface area contributed by atoms with Gasteiger partial charge in [-0.25, -0.2) is 4.79 Å². The van der Waals surface area contributed by atoms with Gasteiger partial charge in [-0.3, -0.25) is 0 Å². The van der Waals surface area contributed by atoms with E-state index in [4.69, 9.17) is 4.74 Å². The normalized spacial score (nSPS) is 12.8. The van der Waals surface area contributed by atoms with E-state index in [9.17, 15) is 4.79 Å². The zero-order valence-electron chi connectivity index (χ0n) is 12.5. The highest BCUT2D eigenvalue weighted by molar-refractivity contribution is 9.10. The lowest BCUT2D eigenvalue weighted by atomic mass is 10.2. The molecular weight excluding hydrogens is 320 g/mol. The van der Waals surface area contributed by atoms with E-state index in [1.54, 1.807) is 0 Å². The van der Waals surface area contributed by atoms with Crippen LogP contribution in [-0.4, -0.2) is 24.3 Å². The number of alkyl carbamates (subject to hydrolysis) is 1. The second-order valence-electron chi connectivity index (χ2n) is 5.79. The van der Waals surface area contributed by atoms with Gasteiger partial charge in [0.1, 0.15) is 5.60 Å². The van der Waals surface area contributed by atoms with Gasteiger partial charge >= 0.3 is 6.09 Å². The second-order valence-corrected chi connectivity index (χ2v) is 6.71. The van der Waals surface area contributed by atoms with Gasteiger partial charge in [-0.2, -0.15) is 0 Å². The highest BCUT2D eigenvalue weighted by atomic mass is 79.9. The van der Waals surface area contributed by atoms with Crippen LogP contribution in [0.4, 0.5) is 4.79 Å². The third-order valence-electron chi connectivity index (χ3n) is 2.52. The quantitative estimate of drug-likeness (QED) is 0.861. The Hall–Kier alpha value is -1.07. The number of rotatable bonds is 5. The van der Waals surface area contributed by atoms with Crippen LogP contribution in [0.3, 0.4) is 0 Å². The highest BCUT2D eigenvalue weighted by Crippen LogP contribution is 2.10. The van der Waals surface area contributed by atoms with E-state index in [0.29, 0.717) is 6.54 Å². The molecule has 0 bridgehead atoms. The maximum Gasteiger partial charge on any atom is 0.407 e. The number of hydrogen-bond donors (Lipinski definition) is 2. The van der Waals surface area contributed by atoms with Crippen LogP contribution in [0.5, 0.6) is 0 Å². The first kappa shape index (κ1) is 17.0. The van der Waals surface area contributed by atoms with Crippen LogP contribution in [0, 0.1) is 0 Å². The molecule has 2 N–H and O–H groups in total. The Balaban J connectivity index is 2.25. The number of benzene rings is 1. The van der Waals surface area contributed by atoms with Crippen LogP contribution < -0.4 is 10.6 Å². The van der Waals surface area contributed by atoms with Crippen LogP contribution in [0.1, 0.15) is 33.3 Å². The number of amides is 1. The maximum atomic E-state index is 11.5. The summed E-state index contributed by atoms with van der Waals surface area (Å²) < 4.78 is 6.25. The molecule has 0 aliphatic heterocycles. The molecule has 1 amide bonds. The van der Waals surface area contributed by atoms with Crippen molar-refractivity contribution in [1.82, 2.24) is 10.6 Å². The molecule has 0 saturated carbocycles. The van der Waals surface area contributed by atoms with Crippen LogP contribution in [-0.2, 0) is 11.3 Å². The minimum absolute atomic E-state index is 0.172. The lowest BCUT2D eigenvalue weighted by molar-refractivity contribution is 0.0523. The van der Waals surface area contributed by atoms with Crippen LogP contribution >= 0.6 is 15.9 Å². The van der Waals surface area contributed by atoms with Crippen molar-refractivity contribution in [3.05, 3.63) is 34.3 Å². The third-order valence-corrected chi connectivity index (χ3v) is 3.05. The molecule has 20 heavy (non-hydrogen) atoms. The molecule has 5 heteroatoms. The van der Waals surface area contributed by atoms with Gasteiger partial charge < -0.3 is 15.4 Å². The van der Waals surface area contributed by atoms with Gasteiger partial charge in [0.25, 0.3) is 0 Å². The van der Waals surface area contributed by atoms with Crippen molar-refractivity contribution in [2.75, 3.05) is 6.54 Å². The molecule has 0 fully saturated rings. The summed E-state index contributed by atoms with van der Waals surface area (Å²) in [5.41, 5.74) is 0.746. The summed E-state index contributed by atoms with van der Waals surface area (Å²) in [4.78, 5) is 11.5. The van der Waals surface area contributed by atoms with E-state index in [0.717, 1.165) is 11.0 Å². The minimum Gasteiger partial charge on any atom is -0.444 e. The monoisotopic (exact) mass is 342 g/mol. The van der Waals surface area contributed by atoms with E-state index in [2.05, 4.69) is 38.7 Å². The van der Waals surface area contributed by atoms with E-state index in [1.165, 1.54) is 5.56 Å². The average Bonchev–Trinajstić information content (AvgIpc) is 2.33. The molecule has 1 unspecified atom stereocenters. The van der Waals surface area contributed by atoms with Crippen molar-refractivity contribution >= 4 is 22.0 Å². The molecule has 0 aromatic heterocycles. The van der Waals surface area contributed by atoms with Crippen LogP contribution in [0.25, 0.3) is 0 Å². The summed E-state index contributed by atoms with van der Waals surface area (Å²) in [6.07, 6.45) is -0.380. The summed E-state index contributed by atoms with van der Waals surface area (Å²) >= 11 is 3.41. The minimum atomic E-state index is -0.460. The fraction of sp³-hybridized carbons (Fsp3) is 0.533. The Kier molecular flexibility index (Phi) is 6.49. The summed E-state index contributed by atoms with van der Waals surface area (Å²) in [5, 5.41) is 6.10. The summed E-state index contributed by atoms with van der Waals surface area (Å²) in [5.74, 6) is 0. The Morgan fingerprint density at radius 3 is 2.45 bits per heavy atom. The molecule has 1 aromatic carbocycles. The van der Waals surface area contributed by atoms with Crippen molar-refractivity contribution < 1.29 is 9.53 Å². The van der Waals surface area contributed by atoms with E-state index in [-0.39, 0.29) is 12.1 Å². The number of ether oxygens (including phenoxy) is 1. The number of halogens is 1. The van der Waals surface area contributed by atoms with E-state index >= 15 is 0 Å². The summed E-state index contributed by atoms with van der Waals surface area (Å²) in [7, 11) is 0. The number of nitrogens with one attached hydrogen (secondary N) is 2. The van der Waals surface area contributed by atoms with Gasteiger partial charge in [-0.05, 0) is 45.4 Å². The summed E-state index contributed by atoms with van der Waals surface area (Å²) in [6, 6.07) is 8.32. The first-order chi connectivity index (χ1) is 9.26. The van der Waals surface area contributed by atoms with Crippen molar-refractivity contribution in [3.63, 3.8) is 0 Å². The highest BCUT2D eigenvalue weighted by Gasteiger charge is 2.16. The van der Waals surface area contributed by atoms with E-state index in [1.807, 2.05) is 39.8 Å². The smallest absolute Gasteiger partial charge is 0.407 e. The lowest BCUT2D eigenvalue weighted by Crippen LogP contribution is -2.40. The van der Waals surface area contributed by atoms with E-state index < -0.39 is 5.60 Å². The average molecular weight is 343 g/mol. The van der Waals surface area contributed by atoms with Crippen LogP contribution in [0.2, 0.25) is 0 Å². The molecule has 0 radical (unpaired) electrons. The molecule has 1 rings (SSSR count). The molecule has 0 heterocycles. The third kappa shape index (κ3) is 7.50. The fourth-order valence-corrected chi connectivity index (χ4v) is 1.78. The topological polar surface area (TPSA) is 50.4 Å². The van der Waals surface area contributed by atoms with Crippen molar-refractivity contribution in [3.8, 4) is 0 Å². The number of carbonyl (C=O) groups excluding carboxylic acids is 1. The summed E-state index contributed by atoms with van der Waals surface area (Å²) in [6.45, 7) is 8.87. The Morgan fingerprint density at radius 1 is 1.30 bits per heavy atom. The van der Waals surface area contributed by atoms with Gasteiger partial charge in [0.15, 0.2) is 0 Å². The van der Waals surface area contributed by atoms with Crippen molar-refractivity contribution in [2.45, 2.75) is 45.9 Å². The Morgan fingerprint density at radius 2 is 1.90 bits per heavy atom. The largest absolute Gasteiger partial charge is 0.444 e. The molecule has 1 atom stereocenters. The van der Waals surface area contributed by atoms with Gasteiger partial charge in [-0.1, -0.05) is 28.1 Å². The predicted octanol–water partition coefficient (Wildman–Crippen LogP) is 3.45. The Bertz CT molecular complexity index is 426. The SMILES string of the molecule is CC(CNC(=O)OC(C)(C)C)NCc1ccc(Br)cc1. The number of carbonyl (C=O) groups is 1. The lowest BCUT2D eigenvalue weighted by Gasteiger charge is -2.21. The molecular formula is C15H23BrN2O2. The fourth-order valence-electron chi connectivity index (χ4n) is 1.52. The second kappa shape index (κ2) is 7.64. The van der Waals surface area contributed by atoms with Gasteiger partial charge in [0.2, 0.25) is 0 Å². The predicted molar refractivity (Wildman–Crippen MR) is 84.7 cm³/mol. The molecule has 1 aromatic rings. The molecule has 0 aliphatic carbocycles. The Labute approximate surface area is 129 Å². The zero-order chi connectivity index (χ0) is 15.2. The standard InChI is InChI=1S/C15H23BrN2O2/c1-11(9-18-14(19)20-15(2,3)4)17-10-12-5-7-13(16)8-6-12/h5-8,11,17H,9-10H2,1-4H3,(H,18,19). The zero-order valence-corrected chi connectivity index (χ0v) is 14.1. The van der Waals surface area contributed by atoms with Crippen molar-refractivity contribution in [2.24, 2.45) is 0 Å². The van der Waals surface area contributed by atoms with Gasteiger partial charge in [0, 0.05) is 23.6 Å². The molecule has 0 spiro atoms. The molecule has 4 nitrogen and oxygen atoms in total. The van der Waals surface area contributed by atoms with Gasteiger partial charge in [-0.15, -0.1) is 0 Å². The molecule has 0 aliphatic rings. The molecule has 0 saturated heterocycles. The maximum absolute atomic E-state index is 11.5. The molecule has 112 valence electrons. The first-order valence-corrected chi connectivity index (χ1v) is 7.50.